The van der Waals surface area contributed by atoms with E-state index in [-0.39, 0.29) is 30.7 Å². The third-order valence-corrected chi connectivity index (χ3v) is 6.44. The Morgan fingerprint density at radius 2 is 1.46 bits per heavy atom. The van der Waals surface area contributed by atoms with E-state index in [0.717, 1.165) is 23.1 Å². The summed E-state index contributed by atoms with van der Waals surface area (Å²) in [6.45, 7) is 2.00. The van der Waals surface area contributed by atoms with Gasteiger partial charge in [0.05, 0.1) is 44.7 Å². The van der Waals surface area contributed by atoms with E-state index in [1.165, 1.54) is 0 Å². The van der Waals surface area contributed by atoms with E-state index in [0.29, 0.717) is 26.4 Å². The highest BCUT2D eigenvalue weighted by Crippen LogP contribution is 2.31. The first-order chi connectivity index (χ1) is 18.3. The van der Waals surface area contributed by atoms with Crippen LogP contribution < -0.4 is 0 Å². The number of ether oxygens (including phenoxy) is 5. The maximum absolute atomic E-state index is 6.37. The molecule has 0 spiro atoms. The Hall–Kier alpha value is -3.06. The minimum atomic E-state index is -0.357. The van der Waals surface area contributed by atoms with Gasteiger partial charge in [-0.2, -0.15) is 0 Å². The van der Waals surface area contributed by atoms with Gasteiger partial charge in [0.2, 0.25) is 0 Å². The van der Waals surface area contributed by atoms with Crippen molar-refractivity contribution in [1.29, 1.82) is 0 Å². The second-order valence-corrected chi connectivity index (χ2v) is 9.27. The van der Waals surface area contributed by atoms with Crippen molar-refractivity contribution >= 4 is 0 Å². The number of hydrogen-bond donors (Lipinski definition) is 0. The summed E-state index contributed by atoms with van der Waals surface area (Å²) in [4.78, 5) is 0. The van der Waals surface area contributed by atoms with Gasteiger partial charge in [-0.25, -0.2) is 0 Å². The van der Waals surface area contributed by atoms with Gasteiger partial charge in [0.25, 0.3) is 0 Å². The van der Waals surface area contributed by atoms with Gasteiger partial charge < -0.3 is 23.7 Å². The molecule has 0 N–H and O–H groups in total. The van der Waals surface area contributed by atoms with Crippen LogP contribution in [0.15, 0.2) is 115 Å². The second kappa shape index (κ2) is 13.5. The molecular weight excluding hydrogens is 464 g/mol. The fourth-order valence-corrected chi connectivity index (χ4v) is 4.44. The molecular formula is C32H34O5. The van der Waals surface area contributed by atoms with Crippen LogP contribution in [0.25, 0.3) is 0 Å². The summed E-state index contributed by atoms with van der Waals surface area (Å²) >= 11 is 0. The molecule has 3 aromatic carbocycles. The number of rotatable bonds is 10. The van der Waals surface area contributed by atoms with Crippen molar-refractivity contribution < 1.29 is 23.7 Å². The monoisotopic (exact) mass is 498 g/mol. The van der Waals surface area contributed by atoms with Crippen molar-refractivity contribution in [2.45, 2.75) is 50.3 Å². The van der Waals surface area contributed by atoms with Crippen LogP contribution in [0.5, 0.6) is 0 Å². The van der Waals surface area contributed by atoms with Crippen LogP contribution in [-0.4, -0.2) is 37.6 Å². The lowest BCUT2D eigenvalue weighted by atomic mass is 10.1. The molecule has 5 atom stereocenters. The summed E-state index contributed by atoms with van der Waals surface area (Å²) in [5.74, 6) is 0. The molecule has 0 saturated carbocycles. The predicted octanol–water partition coefficient (Wildman–Crippen LogP) is 6.17. The van der Waals surface area contributed by atoms with Gasteiger partial charge in [0.1, 0.15) is 6.10 Å². The summed E-state index contributed by atoms with van der Waals surface area (Å²) < 4.78 is 30.8. The third-order valence-electron chi connectivity index (χ3n) is 6.44. The Labute approximate surface area is 219 Å². The standard InChI is InChI=1S/C32H34O5/c1-4-11-25(12-5-1)21-33-23-29(34-22-26-13-6-2-7-14-26)20-19-28-17-10-18-30-31(36-28)24-35-32(37-30)27-15-8-3-9-16-27/h1-17,19-20,28-32H,18,21-24H2/t28-,29+,30+,31-,32-/m1/s1. The van der Waals surface area contributed by atoms with E-state index < -0.39 is 0 Å². The average molecular weight is 499 g/mol. The Kier molecular flexibility index (Phi) is 9.32. The Bertz CT molecular complexity index is 1120. The Morgan fingerprint density at radius 3 is 2.19 bits per heavy atom. The SMILES string of the molecule is C1=C[C@H](C=C[C@@H](COCc2ccccc2)OCc2ccccc2)O[C@@H]2CO[C@@H](c3ccccc3)O[C@H]2C1. The van der Waals surface area contributed by atoms with Crippen LogP contribution in [0.1, 0.15) is 29.4 Å². The highest BCUT2D eigenvalue weighted by atomic mass is 16.7. The van der Waals surface area contributed by atoms with E-state index in [4.69, 9.17) is 23.7 Å². The molecule has 0 amide bonds. The molecule has 5 nitrogen and oxygen atoms in total. The number of fused-ring (bicyclic) bond motifs is 1. The van der Waals surface area contributed by atoms with Gasteiger partial charge in [-0.3, -0.25) is 0 Å². The fourth-order valence-electron chi connectivity index (χ4n) is 4.44. The van der Waals surface area contributed by atoms with Crippen molar-refractivity contribution in [1.82, 2.24) is 0 Å². The minimum Gasteiger partial charge on any atom is -0.374 e. The molecule has 2 heterocycles. The fraction of sp³-hybridized carbons (Fsp3) is 0.312. The molecule has 37 heavy (non-hydrogen) atoms. The van der Waals surface area contributed by atoms with Gasteiger partial charge >= 0.3 is 0 Å². The molecule has 2 aliphatic heterocycles. The molecule has 0 unspecified atom stereocenters. The predicted molar refractivity (Wildman–Crippen MR) is 143 cm³/mol. The Morgan fingerprint density at radius 1 is 0.784 bits per heavy atom. The largest absolute Gasteiger partial charge is 0.374 e. The summed E-state index contributed by atoms with van der Waals surface area (Å²) in [6, 6.07) is 30.4. The van der Waals surface area contributed by atoms with Crippen molar-refractivity contribution in [3.63, 3.8) is 0 Å². The van der Waals surface area contributed by atoms with Crippen molar-refractivity contribution in [3.05, 3.63) is 132 Å². The Balaban J connectivity index is 1.18. The third kappa shape index (κ3) is 7.71. The molecule has 0 radical (unpaired) electrons. The molecule has 192 valence electrons. The van der Waals surface area contributed by atoms with Crippen LogP contribution in [0.3, 0.4) is 0 Å². The van der Waals surface area contributed by atoms with Crippen LogP contribution in [0, 0.1) is 0 Å². The van der Waals surface area contributed by atoms with Gasteiger partial charge in [0, 0.05) is 5.56 Å². The first-order valence-corrected chi connectivity index (χ1v) is 12.9. The minimum absolute atomic E-state index is 0.0482. The zero-order valence-corrected chi connectivity index (χ0v) is 20.9. The molecule has 2 aliphatic rings. The van der Waals surface area contributed by atoms with Crippen molar-refractivity contribution in [3.8, 4) is 0 Å². The number of benzene rings is 3. The summed E-state index contributed by atoms with van der Waals surface area (Å²) in [6.07, 6.45) is 8.15. The molecule has 0 aromatic heterocycles. The lowest BCUT2D eigenvalue weighted by Gasteiger charge is -2.36. The first kappa shape index (κ1) is 25.6. The van der Waals surface area contributed by atoms with E-state index in [1.807, 2.05) is 78.9 Å². The number of hydrogen-bond acceptors (Lipinski definition) is 5. The quantitative estimate of drug-likeness (QED) is 0.313. The molecule has 3 aromatic rings. The van der Waals surface area contributed by atoms with Crippen molar-refractivity contribution in [2.24, 2.45) is 0 Å². The lowest BCUT2D eigenvalue weighted by molar-refractivity contribution is -0.265. The van der Waals surface area contributed by atoms with Gasteiger partial charge in [-0.05, 0) is 17.5 Å². The summed E-state index contributed by atoms with van der Waals surface area (Å²) in [5, 5.41) is 0. The second-order valence-electron chi connectivity index (χ2n) is 9.27. The van der Waals surface area contributed by atoms with Crippen LogP contribution in [-0.2, 0) is 36.9 Å². The van der Waals surface area contributed by atoms with E-state index in [1.54, 1.807) is 0 Å². The smallest absolute Gasteiger partial charge is 0.184 e. The highest BCUT2D eigenvalue weighted by Gasteiger charge is 2.35. The van der Waals surface area contributed by atoms with Crippen molar-refractivity contribution in [2.75, 3.05) is 13.2 Å². The zero-order valence-electron chi connectivity index (χ0n) is 20.9. The van der Waals surface area contributed by atoms with Crippen LogP contribution >= 0.6 is 0 Å². The van der Waals surface area contributed by atoms with E-state index in [9.17, 15) is 0 Å². The van der Waals surface area contributed by atoms with E-state index >= 15 is 0 Å². The first-order valence-electron chi connectivity index (χ1n) is 12.9. The highest BCUT2D eigenvalue weighted by molar-refractivity contribution is 5.17. The summed E-state index contributed by atoms with van der Waals surface area (Å²) in [5.41, 5.74) is 3.29. The molecule has 0 bridgehead atoms. The average Bonchev–Trinajstić information content (AvgIpc) is 3.17. The summed E-state index contributed by atoms with van der Waals surface area (Å²) in [7, 11) is 0. The lowest BCUT2D eigenvalue weighted by Crippen LogP contribution is -2.42. The maximum Gasteiger partial charge on any atom is 0.184 e. The molecule has 1 fully saturated rings. The van der Waals surface area contributed by atoms with E-state index in [2.05, 4.69) is 36.4 Å². The maximum atomic E-state index is 6.37. The zero-order chi connectivity index (χ0) is 25.1. The topological polar surface area (TPSA) is 46.2 Å². The van der Waals surface area contributed by atoms with Gasteiger partial charge in [-0.15, -0.1) is 0 Å². The molecule has 5 rings (SSSR count). The normalized spacial score (nSPS) is 24.4. The van der Waals surface area contributed by atoms with Crippen LogP contribution in [0.2, 0.25) is 0 Å². The van der Waals surface area contributed by atoms with Gasteiger partial charge in [-0.1, -0.05) is 115 Å². The van der Waals surface area contributed by atoms with Gasteiger partial charge in [0.15, 0.2) is 6.29 Å². The van der Waals surface area contributed by atoms with Crippen LogP contribution in [0.4, 0.5) is 0 Å². The molecule has 5 heteroatoms. The molecule has 0 aliphatic carbocycles. The molecule has 1 saturated heterocycles.